The number of halogens is 2. The van der Waals surface area contributed by atoms with E-state index in [1.165, 1.54) is 4.68 Å². The van der Waals surface area contributed by atoms with Crippen LogP contribution in [0.25, 0.3) is 39.1 Å². The zero-order valence-electron chi connectivity index (χ0n) is 18.1. The third kappa shape index (κ3) is 4.05. The van der Waals surface area contributed by atoms with E-state index in [1.54, 1.807) is 12.3 Å². The molecular weight excluding hydrogens is 572 g/mol. The molecule has 3 aromatic heterocycles. The largest absolute Gasteiger partial charge is 0.453 e. The molecule has 0 aliphatic heterocycles. The van der Waals surface area contributed by atoms with Gasteiger partial charge in [-0.15, -0.1) is 0 Å². The fourth-order valence-corrected chi connectivity index (χ4v) is 4.76. The van der Waals surface area contributed by atoms with Gasteiger partial charge in [0.05, 0.1) is 22.8 Å². The fourth-order valence-electron chi connectivity index (χ4n) is 3.99. The van der Waals surface area contributed by atoms with Crippen LogP contribution < -0.4 is 5.56 Å². The zero-order valence-corrected chi connectivity index (χ0v) is 21.3. The van der Waals surface area contributed by atoms with Gasteiger partial charge in [0.25, 0.3) is 5.56 Å². The highest BCUT2D eigenvalue weighted by atomic mass is 79.9. The first-order chi connectivity index (χ1) is 17.1. The highest BCUT2D eigenvalue weighted by molar-refractivity contribution is 9.10. The van der Waals surface area contributed by atoms with Crippen molar-refractivity contribution in [2.24, 2.45) is 5.10 Å². The molecule has 0 bridgehead atoms. The van der Waals surface area contributed by atoms with Crippen molar-refractivity contribution in [1.29, 1.82) is 0 Å². The molecule has 6 rings (SSSR count). The average molecular weight is 588 g/mol. The summed E-state index contributed by atoms with van der Waals surface area (Å²) < 4.78 is 11.3. The summed E-state index contributed by atoms with van der Waals surface area (Å²) in [5.74, 6) is 0.790. The number of nitrogens with zero attached hydrogens (tertiary/aromatic N) is 4. The number of furan rings is 1. The molecule has 0 N–H and O–H groups in total. The van der Waals surface area contributed by atoms with Gasteiger partial charge in [0.15, 0.2) is 5.76 Å². The lowest BCUT2D eigenvalue weighted by molar-refractivity contribution is 0.616. The molecule has 6 nitrogen and oxygen atoms in total. The topological polar surface area (TPSA) is 65.3 Å². The van der Waals surface area contributed by atoms with E-state index in [2.05, 4.69) is 37.0 Å². The monoisotopic (exact) mass is 586 g/mol. The van der Waals surface area contributed by atoms with E-state index in [4.69, 9.17) is 9.40 Å². The van der Waals surface area contributed by atoms with Crippen molar-refractivity contribution in [3.63, 3.8) is 0 Å². The van der Waals surface area contributed by atoms with Gasteiger partial charge in [-0.3, -0.25) is 4.79 Å². The Hall–Kier alpha value is -3.75. The molecule has 0 atom stereocenters. The van der Waals surface area contributed by atoms with E-state index < -0.39 is 0 Å². The van der Waals surface area contributed by atoms with Crippen LogP contribution in [0.5, 0.6) is 0 Å². The Morgan fingerprint density at radius 3 is 2.63 bits per heavy atom. The molecule has 8 heteroatoms. The molecule has 0 aliphatic rings. The quantitative estimate of drug-likeness (QED) is 0.208. The summed E-state index contributed by atoms with van der Waals surface area (Å²) in [5, 5.41) is 5.97. The van der Waals surface area contributed by atoms with Crippen molar-refractivity contribution in [1.82, 2.24) is 14.2 Å². The third-order valence-corrected chi connectivity index (χ3v) is 6.61. The predicted octanol–water partition coefficient (Wildman–Crippen LogP) is 7.01. The van der Waals surface area contributed by atoms with E-state index in [0.717, 1.165) is 25.7 Å². The number of fused-ring (bicyclic) bond motifs is 2. The number of para-hydroxylation sites is 1. The summed E-state index contributed by atoms with van der Waals surface area (Å²) in [6.45, 7) is 0. The summed E-state index contributed by atoms with van der Waals surface area (Å²) >= 11 is 7.01. The van der Waals surface area contributed by atoms with E-state index in [0.29, 0.717) is 28.1 Å². The summed E-state index contributed by atoms with van der Waals surface area (Å²) in [6.07, 6.45) is 3.60. The van der Waals surface area contributed by atoms with Crippen LogP contribution in [0.4, 0.5) is 0 Å². The molecule has 0 unspecified atom stereocenters. The molecular formula is C27H16Br2N4O2. The molecule has 3 heterocycles. The lowest BCUT2D eigenvalue weighted by Crippen LogP contribution is -2.20. The van der Waals surface area contributed by atoms with E-state index >= 15 is 0 Å². The fraction of sp³-hybridized carbons (Fsp3) is 0. The average Bonchev–Trinajstić information content (AvgIpc) is 3.50. The van der Waals surface area contributed by atoms with E-state index in [-0.39, 0.29) is 5.56 Å². The van der Waals surface area contributed by atoms with Gasteiger partial charge < -0.3 is 8.98 Å². The molecule has 35 heavy (non-hydrogen) atoms. The molecule has 0 saturated heterocycles. The second-order valence-electron chi connectivity index (χ2n) is 7.89. The molecule has 0 amide bonds. The summed E-state index contributed by atoms with van der Waals surface area (Å²) in [6, 6.07) is 26.7. The normalized spacial score (nSPS) is 11.7. The van der Waals surface area contributed by atoms with E-state index in [1.807, 2.05) is 89.6 Å². The Balaban J connectivity index is 1.53. The number of rotatable bonds is 4. The van der Waals surface area contributed by atoms with Crippen molar-refractivity contribution >= 4 is 59.9 Å². The summed E-state index contributed by atoms with van der Waals surface area (Å²) in [7, 11) is 0. The molecule has 0 saturated carbocycles. The van der Waals surface area contributed by atoms with Crippen molar-refractivity contribution in [2.45, 2.75) is 0 Å². The first-order valence-corrected chi connectivity index (χ1v) is 12.3. The zero-order chi connectivity index (χ0) is 23.9. The highest BCUT2D eigenvalue weighted by Gasteiger charge is 2.16. The van der Waals surface area contributed by atoms with Gasteiger partial charge in [-0.1, -0.05) is 50.1 Å². The van der Waals surface area contributed by atoms with Crippen molar-refractivity contribution in [3.8, 4) is 17.3 Å². The third-order valence-electron chi connectivity index (χ3n) is 5.62. The van der Waals surface area contributed by atoms with E-state index in [9.17, 15) is 4.79 Å². The maximum Gasteiger partial charge on any atom is 0.282 e. The van der Waals surface area contributed by atoms with Gasteiger partial charge in [0.2, 0.25) is 5.82 Å². The van der Waals surface area contributed by atoms with Crippen molar-refractivity contribution in [2.75, 3.05) is 0 Å². The van der Waals surface area contributed by atoms with Crippen LogP contribution in [0.3, 0.4) is 0 Å². The van der Waals surface area contributed by atoms with Crippen LogP contribution >= 0.6 is 31.9 Å². The van der Waals surface area contributed by atoms with Crippen LogP contribution in [0.2, 0.25) is 0 Å². The van der Waals surface area contributed by atoms with Gasteiger partial charge in [0.1, 0.15) is 5.58 Å². The molecule has 170 valence electrons. The van der Waals surface area contributed by atoms with Crippen LogP contribution in [0.1, 0.15) is 5.69 Å². The predicted molar refractivity (Wildman–Crippen MR) is 145 cm³/mol. The minimum atomic E-state index is -0.274. The van der Waals surface area contributed by atoms with Crippen molar-refractivity contribution < 1.29 is 4.42 Å². The molecule has 6 aromatic rings. The van der Waals surface area contributed by atoms with Gasteiger partial charge in [0, 0.05) is 26.2 Å². The van der Waals surface area contributed by atoms with Crippen LogP contribution in [-0.2, 0) is 0 Å². The molecule has 3 aromatic carbocycles. The smallest absolute Gasteiger partial charge is 0.282 e. The molecule has 0 radical (unpaired) electrons. The Labute approximate surface area is 216 Å². The van der Waals surface area contributed by atoms with Crippen LogP contribution in [0.15, 0.2) is 114 Å². The first-order valence-electron chi connectivity index (χ1n) is 10.8. The highest BCUT2D eigenvalue weighted by Crippen LogP contribution is 2.29. The second-order valence-corrected chi connectivity index (χ2v) is 9.72. The van der Waals surface area contributed by atoms with Gasteiger partial charge in [-0.2, -0.15) is 9.78 Å². The number of aromatic nitrogens is 3. The lowest BCUT2D eigenvalue weighted by Gasteiger charge is -2.09. The Morgan fingerprint density at radius 1 is 0.886 bits per heavy atom. The van der Waals surface area contributed by atoms with Crippen molar-refractivity contribution in [3.05, 3.63) is 116 Å². The Morgan fingerprint density at radius 2 is 1.74 bits per heavy atom. The first kappa shape index (κ1) is 21.8. The maximum absolute atomic E-state index is 13.5. The Kier molecular flexibility index (Phi) is 5.47. The van der Waals surface area contributed by atoms with Crippen LogP contribution in [0, 0.1) is 0 Å². The standard InChI is InChI=1S/C27H16Br2N4O2/c28-18-5-3-6-20(15-18)32-12-4-7-21(32)16-30-33-26(31-23-9-2-1-8-22(23)27(33)34)25-14-17-13-19(29)10-11-24(17)35-25/h1-16H. The molecule has 0 aliphatic carbocycles. The van der Waals surface area contributed by atoms with Gasteiger partial charge >= 0.3 is 0 Å². The minimum absolute atomic E-state index is 0.274. The molecule has 0 fully saturated rings. The minimum Gasteiger partial charge on any atom is -0.453 e. The number of hydrogen-bond acceptors (Lipinski definition) is 4. The Bertz CT molecular complexity index is 1810. The lowest BCUT2D eigenvalue weighted by atomic mass is 10.2. The number of benzene rings is 3. The van der Waals surface area contributed by atoms with Gasteiger partial charge in [-0.25, -0.2) is 4.98 Å². The SMILES string of the molecule is O=c1c2ccccc2nc(-c2cc3cc(Br)ccc3o2)n1N=Cc1cccn1-c1cccc(Br)c1. The summed E-state index contributed by atoms with van der Waals surface area (Å²) in [4.78, 5) is 18.2. The molecule has 0 spiro atoms. The maximum atomic E-state index is 13.5. The summed E-state index contributed by atoms with van der Waals surface area (Å²) in [5.41, 5.74) is 2.78. The number of hydrogen-bond donors (Lipinski definition) is 0. The van der Waals surface area contributed by atoms with Gasteiger partial charge in [-0.05, 0) is 66.7 Å². The van der Waals surface area contributed by atoms with Crippen LogP contribution in [-0.4, -0.2) is 20.4 Å². The second kappa shape index (κ2) is 8.79.